The maximum atomic E-state index is 13.9. The Kier molecular flexibility index (Phi) is 6.68. The predicted octanol–water partition coefficient (Wildman–Crippen LogP) is 2.54. The van der Waals surface area contributed by atoms with Gasteiger partial charge in [0.2, 0.25) is 5.91 Å². The fourth-order valence-corrected chi connectivity index (χ4v) is 3.51. The Labute approximate surface area is 154 Å². The number of hydrogen-bond acceptors (Lipinski definition) is 5. The molecule has 26 heavy (non-hydrogen) atoms. The van der Waals surface area contributed by atoms with Gasteiger partial charge in [0.15, 0.2) is 6.61 Å². The third kappa shape index (κ3) is 4.57. The molecule has 0 spiro atoms. The topological polar surface area (TPSA) is 84.5 Å². The molecule has 140 valence electrons. The number of hydrogen-bond donors (Lipinski definition) is 2. The molecule has 8 heteroatoms. The SMILES string of the molecule is CCCNC(=O)[C@H](C)NC(=O)COC(=O)c1sc2cccc(F)c2c1C. The van der Waals surface area contributed by atoms with E-state index >= 15 is 0 Å². The molecule has 2 N–H and O–H groups in total. The average Bonchev–Trinajstić information content (AvgIpc) is 2.95. The Bertz CT molecular complexity index is 834. The second-order valence-corrected chi connectivity index (χ2v) is 6.88. The molecule has 0 unspecified atom stereocenters. The van der Waals surface area contributed by atoms with E-state index in [-0.39, 0.29) is 10.8 Å². The van der Waals surface area contributed by atoms with Crippen LogP contribution in [0.3, 0.4) is 0 Å². The molecule has 0 radical (unpaired) electrons. The van der Waals surface area contributed by atoms with E-state index in [9.17, 15) is 18.8 Å². The van der Waals surface area contributed by atoms with E-state index in [2.05, 4.69) is 10.6 Å². The van der Waals surface area contributed by atoms with Crippen molar-refractivity contribution >= 4 is 39.2 Å². The summed E-state index contributed by atoms with van der Waals surface area (Å²) >= 11 is 1.12. The minimum absolute atomic E-state index is 0.256. The number of carbonyl (C=O) groups is 3. The van der Waals surface area contributed by atoms with Crippen molar-refractivity contribution in [1.82, 2.24) is 10.6 Å². The molecule has 6 nitrogen and oxygen atoms in total. The largest absolute Gasteiger partial charge is 0.451 e. The summed E-state index contributed by atoms with van der Waals surface area (Å²) in [6, 6.07) is 3.89. The zero-order valence-electron chi connectivity index (χ0n) is 14.8. The van der Waals surface area contributed by atoms with Crippen molar-refractivity contribution in [3.05, 3.63) is 34.5 Å². The van der Waals surface area contributed by atoms with Crippen LogP contribution in [0.4, 0.5) is 4.39 Å². The van der Waals surface area contributed by atoms with E-state index < -0.39 is 30.3 Å². The van der Waals surface area contributed by atoms with E-state index in [1.165, 1.54) is 6.07 Å². The number of fused-ring (bicyclic) bond motifs is 1. The molecule has 0 bridgehead atoms. The van der Waals surface area contributed by atoms with E-state index in [0.717, 1.165) is 17.8 Å². The zero-order valence-corrected chi connectivity index (χ0v) is 15.7. The molecule has 0 aliphatic carbocycles. The first-order valence-electron chi connectivity index (χ1n) is 8.27. The Hall–Kier alpha value is -2.48. The summed E-state index contributed by atoms with van der Waals surface area (Å²) in [7, 11) is 0. The van der Waals surface area contributed by atoms with Crippen LogP contribution >= 0.6 is 11.3 Å². The summed E-state index contributed by atoms with van der Waals surface area (Å²) in [5.41, 5.74) is 0.487. The lowest BCUT2D eigenvalue weighted by Crippen LogP contribution is -2.46. The standard InChI is InChI=1S/C18H21FN2O4S/c1-4-8-20-17(23)11(3)21-14(22)9-25-18(24)16-10(2)15-12(19)6-5-7-13(15)26-16/h5-7,11H,4,8-9H2,1-3H3,(H,20,23)(H,21,22)/t11-/m0/s1. The van der Waals surface area contributed by atoms with Crippen molar-refractivity contribution in [2.24, 2.45) is 0 Å². The van der Waals surface area contributed by atoms with Crippen LogP contribution in [0, 0.1) is 12.7 Å². The van der Waals surface area contributed by atoms with Gasteiger partial charge in [0.25, 0.3) is 5.91 Å². The summed E-state index contributed by atoms with van der Waals surface area (Å²) in [4.78, 5) is 36.0. The van der Waals surface area contributed by atoms with Crippen LogP contribution in [0.1, 0.15) is 35.5 Å². The van der Waals surface area contributed by atoms with E-state index in [1.54, 1.807) is 26.0 Å². The highest BCUT2D eigenvalue weighted by atomic mass is 32.1. The van der Waals surface area contributed by atoms with Crippen molar-refractivity contribution in [2.75, 3.05) is 13.2 Å². The van der Waals surface area contributed by atoms with Gasteiger partial charge in [-0.05, 0) is 38.0 Å². The lowest BCUT2D eigenvalue weighted by molar-refractivity contribution is -0.130. The Balaban J connectivity index is 1.94. The van der Waals surface area contributed by atoms with Crippen LogP contribution < -0.4 is 10.6 Å². The Morgan fingerprint density at radius 2 is 2.04 bits per heavy atom. The second-order valence-electron chi connectivity index (χ2n) is 5.83. The molecular formula is C18H21FN2O4S. The summed E-state index contributed by atoms with van der Waals surface area (Å²) < 4.78 is 19.5. The van der Waals surface area contributed by atoms with Crippen molar-refractivity contribution < 1.29 is 23.5 Å². The highest BCUT2D eigenvalue weighted by Gasteiger charge is 2.21. The van der Waals surface area contributed by atoms with E-state index in [4.69, 9.17) is 4.74 Å². The van der Waals surface area contributed by atoms with Crippen LogP contribution in [0.5, 0.6) is 0 Å². The normalized spacial score (nSPS) is 11.8. The van der Waals surface area contributed by atoms with Crippen molar-refractivity contribution in [3.8, 4) is 0 Å². The highest BCUT2D eigenvalue weighted by molar-refractivity contribution is 7.21. The predicted molar refractivity (Wildman–Crippen MR) is 97.7 cm³/mol. The number of carbonyl (C=O) groups excluding carboxylic acids is 3. The zero-order chi connectivity index (χ0) is 19.3. The molecule has 0 saturated carbocycles. The van der Waals surface area contributed by atoms with Crippen LogP contribution in [0.2, 0.25) is 0 Å². The summed E-state index contributed by atoms with van der Waals surface area (Å²) in [6.07, 6.45) is 0.791. The van der Waals surface area contributed by atoms with Gasteiger partial charge in [0.05, 0.1) is 0 Å². The number of halogens is 1. The molecule has 2 amide bonds. The van der Waals surface area contributed by atoms with Gasteiger partial charge in [-0.25, -0.2) is 9.18 Å². The van der Waals surface area contributed by atoms with E-state index in [0.29, 0.717) is 22.2 Å². The number of ether oxygens (including phenoxy) is 1. The lowest BCUT2D eigenvalue weighted by atomic mass is 10.1. The summed E-state index contributed by atoms with van der Waals surface area (Å²) in [6.45, 7) is 5.11. The molecule has 1 atom stereocenters. The maximum absolute atomic E-state index is 13.9. The van der Waals surface area contributed by atoms with Gasteiger partial charge < -0.3 is 15.4 Å². The molecule has 2 rings (SSSR count). The first kappa shape index (κ1) is 19.8. The fourth-order valence-electron chi connectivity index (χ4n) is 2.39. The fraction of sp³-hybridized carbons (Fsp3) is 0.389. The minimum Gasteiger partial charge on any atom is -0.451 e. The molecule has 0 saturated heterocycles. The monoisotopic (exact) mass is 380 g/mol. The van der Waals surface area contributed by atoms with Crippen molar-refractivity contribution in [1.29, 1.82) is 0 Å². The van der Waals surface area contributed by atoms with Crippen molar-refractivity contribution in [2.45, 2.75) is 33.2 Å². The van der Waals surface area contributed by atoms with Crippen molar-refractivity contribution in [3.63, 3.8) is 0 Å². The van der Waals surface area contributed by atoms with Gasteiger partial charge >= 0.3 is 5.97 Å². The van der Waals surface area contributed by atoms with Gasteiger partial charge in [-0.3, -0.25) is 9.59 Å². The number of esters is 1. The Morgan fingerprint density at radius 1 is 1.31 bits per heavy atom. The van der Waals surface area contributed by atoms with Crippen LogP contribution in [0.25, 0.3) is 10.1 Å². The number of thiophene rings is 1. The number of amides is 2. The molecule has 0 fully saturated rings. The number of rotatable bonds is 7. The van der Waals surface area contributed by atoms with Gasteiger partial charge in [-0.15, -0.1) is 11.3 Å². The minimum atomic E-state index is -0.729. The smallest absolute Gasteiger partial charge is 0.349 e. The van der Waals surface area contributed by atoms with Crippen LogP contribution in [-0.4, -0.2) is 37.0 Å². The first-order valence-corrected chi connectivity index (χ1v) is 9.08. The van der Waals surface area contributed by atoms with Gasteiger partial charge in [-0.2, -0.15) is 0 Å². The van der Waals surface area contributed by atoms with Gasteiger partial charge in [0.1, 0.15) is 16.7 Å². The molecule has 1 heterocycles. The van der Waals surface area contributed by atoms with Gasteiger partial charge in [-0.1, -0.05) is 13.0 Å². The number of nitrogens with one attached hydrogen (secondary N) is 2. The molecule has 2 aromatic rings. The molecule has 1 aromatic carbocycles. The van der Waals surface area contributed by atoms with E-state index in [1.807, 2.05) is 6.92 Å². The quantitative estimate of drug-likeness (QED) is 0.723. The average molecular weight is 380 g/mol. The van der Waals surface area contributed by atoms with Gasteiger partial charge in [0, 0.05) is 16.6 Å². The first-order chi connectivity index (χ1) is 12.3. The third-order valence-corrected chi connectivity index (χ3v) is 4.98. The molecule has 0 aliphatic rings. The molecule has 1 aromatic heterocycles. The number of benzene rings is 1. The van der Waals surface area contributed by atoms with Crippen LogP contribution in [-0.2, 0) is 14.3 Å². The summed E-state index contributed by atoms with van der Waals surface area (Å²) in [5, 5.41) is 5.51. The third-order valence-electron chi connectivity index (χ3n) is 3.74. The molecular weight excluding hydrogens is 359 g/mol. The molecule has 0 aliphatic heterocycles. The number of aryl methyl sites for hydroxylation is 1. The summed E-state index contributed by atoms with van der Waals surface area (Å²) in [5.74, 6) is -1.98. The maximum Gasteiger partial charge on any atom is 0.349 e. The second kappa shape index (κ2) is 8.75. The highest BCUT2D eigenvalue weighted by Crippen LogP contribution is 2.32. The lowest BCUT2D eigenvalue weighted by Gasteiger charge is -2.13. The van der Waals surface area contributed by atoms with Crippen LogP contribution in [0.15, 0.2) is 18.2 Å². The Morgan fingerprint density at radius 3 is 2.69 bits per heavy atom.